The van der Waals surface area contributed by atoms with Crippen LogP contribution in [-0.4, -0.2) is 22.0 Å². The Balaban J connectivity index is 1.71. The van der Waals surface area contributed by atoms with Crippen molar-refractivity contribution in [2.75, 3.05) is 5.32 Å². The molecule has 0 aliphatic rings. The Bertz CT molecular complexity index is 1280. The molecule has 0 aliphatic heterocycles. The zero-order valence-corrected chi connectivity index (χ0v) is 16.6. The van der Waals surface area contributed by atoms with Crippen LogP contribution < -0.4 is 5.32 Å². The number of fused-ring (bicyclic) bond motifs is 1. The van der Waals surface area contributed by atoms with Gasteiger partial charge in [0.25, 0.3) is 5.91 Å². The highest BCUT2D eigenvalue weighted by molar-refractivity contribution is 6.10. The Labute approximate surface area is 174 Å². The number of hydrogen-bond acceptors (Lipinski definition) is 3. The van der Waals surface area contributed by atoms with E-state index in [4.69, 9.17) is 5.11 Å². The van der Waals surface area contributed by atoms with E-state index in [2.05, 4.69) is 10.3 Å². The Morgan fingerprint density at radius 2 is 1.67 bits per heavy atom. The highest BCUT2D eigenvalue weighted by Gasteiger charge is 2.18. The lowest BCUT2D eigenvalue weighted by atomic mass is 9.92. The molecule has 1 aromatic heterocycles. The van der Waals surface area contributed by atoms with Crippen molar-refractivity contribution in [2.24, 2.45) is 0 Å². The third kappa shape index (κ3) is 3.65. The maximum Gasteiger partial charge on any atom is 0.335 e. The summed E-state index contributed by atoms with van der Waals surface area (Å²) in [6, 6.07) is 21.9. The molecule has 0 unspecified atom stereocenters. The molecule has 0 aliphatic carbocycles. The molecule has 4 aromatic rings. The first-order valence-corrected chi connectivity index (χ1v) is 9.55. The molecular weight excluding hydrogens is 376 g/mol. The molecule has 0 spiro atoms. The monoisotopic (exact) mass is 396 g/mol. The van der Waals surface area contributed by atoms with Gasteiger partial charge in [-0.25, -0.2) is 9.78 Å². The van der Waals surface area contributed by atoms with E-state index in [1.807, 2.05) is 56.3 Å². The van der Waals surface area contributed by atoms with Crippen LogP contribution in [0.3, 0.4) is 0 Å². The number of nitrogens with zero attached hydrogens (tertiary/aromatic N) is 1. The molecule has 0 atom stereocenters. The third-order valence-corrected chi connectivity index (χ3v) is 5.23. The lowest BCUT2D eigenvalue weighted by Crippen LogP contribution is -2.16. The smallest absolute Gasteiger partial charge is 0.335 e. The van der Waals surface area contributed by atoms with Gasteiger partial charge in [-0.3, -0.25) is 4.79 Å². The lowest BCUT2D eigenvalue weighted by molar-refractivity contribution is 0.0697. The zero-order chi connectivity index (χ0) is 21.3. The van der Waals surface area contributed by atoms with Crippen molar-refractivity contribution in [2.45, 2.75) is 13.8 Å². The number of nitrogens with one attached hydrogen (secondary N) is 1. The maximum absolute atomic E-state index is 13.2. The number of anilines is 1. The van der Waals surface area contributed by atoms with Crippen LogP contribution in [0.25, 0.3) is 22.0 Å². The lowest BCUT2D eigenvalue weighted by Gasteiger charge is -2.15. The number of benzene rings is 3. The van der Waals surface area contributed by atoms with E-state index in [9.17, 15) is 9.59 Å². The normalized spacial score (nSPS) is 10.7. The first-order chi connectivity index (χ1) is 14.4. The second-order valence-electron chi connectivity index (χ2n) is 7.16. The van der Waals surface area contributed by atoms with Crippen LogP contribution in [0, 0.1) is 13.8 Å². The molecule has 3 aromatic carbocycles. The molecule has 5 heteroatoms. The molecule has 30 heavy (non-hydrogen) atoms. The molecule has 5 nitrogen and oxygen atoms in total. The minimum Gasteiger partial charge on any atom is -0.478 e. The number of aromatic nitrogens is 1. The Hall–Kier alpha value is -3.99. The fourth-order valence-electron chi connectivity index (χ4n) is 3.47. The van der Waals surface area contributed by atoms with Gasteiger partial charge in [-0.05, 0) is 66.4 Å². The minimum absolute atomic E-state index is 0.198. The van der Waals surface area contributed by atoms with E-state index in [1.54, 1.807) is 24.3 Å². The number of carbonyl (C=O) groups is 2. The Kier molecular flexibility index (Phi) is 5.02. The van der Waals surface area contributed by atoms with Gasteiger partial charge >= 0.3 is 5.97 Å². The molecule has 148 valence electrons. The molecule has 0 bridgehead atoms. The fourth-order valence-corrected chi connectivity index (χ4v) is 3.47. The van der Waals surface area contributed by atoms with Gasteiger partial charge in [-0.2, -0.15) is 0 Å². The molecule has 0 radical (unpaired) electrons. The van der Waals surface area contributed by atoms with Crippen LogP contribution in [-0.2, 0) is 0 Å². The number of aromatic carboxylic acids is 1. The molecule has 0 saturated heterocycles. The van der Waals surface area contributed by atoms with Crippen LogP contribution in [0.15, 0.2) is 72.8 Å². The van der Waals surface area contributed by atoms with Crippen LogP contribution in [0.1, 0.15) is 31.8 Å². The second-order valence-corrected chi connectivity index (χ2v) is 7.16. The highest BCUT2D eigenvalue weighted by atomic mass is 16.4. The second kappa shape index (κ2) is 7.79. The molecule has 0 fully saturated rings. The molecule has 1 heterocycles. The summed E-state index contributed by atoms with van der Waals surface area (Å²) in [6.07, 6.45) is 0. The molecule has 4 rings (SSSR count). The van der Waals surface area contributed by atoms with E-state index in [-0.39, 0.29) is 11.5 Å². The summed E-state index contributed by atoms with van der Waals surface area (Å²) in [5.74, 6) is -0.808. The summed E-state index contributed by atoms with van der Waals surface area (Å²) in [5.41, 5.74) is 5.21. The largest absolute Gasteiger partial charge is 0.478 e. The number of carboxylic acids is 1. The van der Waals surface area contributed by atoms with Crippen molar-refractivity contribution in [1.82, 2.24) is 4.98 Å². The van der Waals surface area contributed by atoms with Gasteiger partial charge in [0.05, 0.1) is 16.6 Å². The highest BCUT2D eigenvalue weighted by Crippen LogP contribution is 2.29. The topological polar surface area (TPSA) is 79.3 Å². The number of hydrogen-bond donors (Lipinski definition) is 2. The van der Waals surface area contributed by atoms with E-state index in [0.29, 0.717) is 22.3 Å². The molecule has 0 saturated carbocycles. The number of rotatable bonds is 4. The van der Waals surface area contributed by atoms with Gasteiger partial charge in [0.1, 0.15) is 5.82 Å². The van der Waals surface area contributed by atoms with Gasteiger partial charge in [-0.1, -0.05) is 42.5 Å². The predicted octanol–water partition coefficient (Wildman–Crippen LogP) is 5.47. The number of aryl methyl sites for hydroxylation is 1. The summed E-state index contributed by atoms with van der Waals surface area (Å²) in [7, 11) is 0. The van der Waals surface area contributed by atoms with Gasteiger partial charge in [0.15, 0.2) is 0 Å². The van der Waals surface area contributed by atoms with E-state index in [0.717, 1.165) is 22.3 Å². The third-order valence-electron chi connectivity index (χ3n) is 5.23. The van der Waals surface area contributed by atoms with Crippen molar-refractivity contribution in [3.8, 4) is 11.1 Å². The first-order valence-electron chi connectivity index (χ1n) is 9.55. The van der Waals surface area contributed by atoms with Crippen LogP contribution in [0.4, 0.5) is 5.82 Å². The van der Waals surface area contributed by atoms with Gasteiger partial charge in [-0.15, -0.1) is 0 Å². The van der Waals surface area contributed by atoms with Crippen molar-refractivity contribution in [3.63, 3.8) is 0 Å². The Morgan fingerprint density at radius 1 is 0.900 bits per heavy atom. The minimum atomic E-state index is -0.988. The van der Waals surface area contributed by atoms with E-state index < -0.39 is 5.97 Å². The van der Waals surface area contributed by atoms with Crippen LogP contribution in [0.2, 0.25) is 0 Å². The quantitative estimate of drug-likeness (QED) is 0.479. The Morgan fingerprint density at radius 3 is 2.40 bits per heavy atom. The summed E-state index contributed by atoms with van der Waals surface area (Å²) >= 11 is 0. The first kappa shape index (κ1) is 19.3. The average molecular weight is 396 g/mol. The zero-order valence-electron chi connectivity index (χ0n) is 16.6. The van der Waals surface area contributed by atoms with Crippen molar-refractivity contribution in [3.05, 3.63) is 95.1 Å². The van der Waals surface area contributed by atoms with Gasteiger partial charge < -0.3 is 10.4 Å². The fraction of sp³-hybridized carbons (Fsp3) is 0.0800. The summed E-state index contributed by atoms with van der Waals surface area (Å²) < 4.78 is 0. The number of amides is 1. The standard InChI is InChI=1S/C25H20N2O3/c1-15-8-11-20(17-6-4-3-5-7-17)23(16(15)2)24(28)27-22-13-10-18-14-19(25(29)30)9-12-21(18)26-22/h3-14H,1-2H3,(H,29,30)(H,26,27,28). The predicted molar refractivity (Wildman–Crippen MR) is 118 cm³/mol. The number of pyridine rings is 1. The van der Waals surface area contributed by atoms with Gasteiger partial charge in [0.2, 0.25) is 0 Å². The number of carboxylic acid groups (broad SMARTS) is 1. The molecular formula is C25H20N2O3. The average Bonchev–Trinajstić information content (AvgIpc) is 2.75. The van der Waals surface area contributed by atoms with Gasteiger partial charge in [0, 0.05) is 5.39 Å². The van der Waals surface area contributed by atoms with E-state index in [1.165, 1.54) is 6.07 Å². The maximum atomic E-state index is 13.2. The summed E-state index contributed by atoms with van der Waals surface area (Å²) in [6.45, 7) is 3.92. The van der Waals surface area contributed by atoms with Crippen molar-refractivity contribution >= 4 is 28.6 Å². The number of carbonyl (C=O) groups excluding carboxylic acids is 1. The molecule has 1 amide bonds. The van der Waals surface area contributed by atoms with Crippen molar-refractivity contribution in [1.29, 1.82) is 0 Å². The molecule has 2 N–H and O–H groups in total. The van der Waals surface area contributed by atoms with Crippen molar-refractivity contribution < 1.29 is 14.7 Å². The summed E-state index contributed by atoms with van der Waals surface area (Å²) in [5, 5.41) is 12.7. The van der Waals surface area contributed by atoms with E-state index >= 15 is 0 Å². The van der Waals surface area contributed by atoms with Crippen LogP contribution >= 0.6 is 0 Å². The SMILES string of the molecule is Cc1ccc(-c2ccccc2)c(C(=O)Nc2ccc3cc(C(=O)O)ccc3n2)c1C. The summed E-state index contributed by atoms with van der Waals surface area (Å²) in [4.78, 5) is 28.8. The van der Waals surface area contributed by atoms with Crippen LogP contribution in [0.5, 0.6) is 0 Å².